The maximum Gasteiger partial charge on any atom is 0.199 e. The van der Waals surface area contributed by atoms with E-state index in [1.165, 1.54) is 6.42 Å². The van der Waals surface area contributed by atoms with Crippen LogP contribution in [0, 0.1) is 0 Å². The first-order valence-electron chi connectivity index (χ1n) is 10.4. The molecule has 2 atom stereocenters. The van der Waals surface area contributed by atoms with Gasteiger partial charge in [-0.25, -0.2) is 4.99 Å². The van der Waals surface area contributed by atoms with E-state index >= 15 is 0 Å². The lowest BCUT2D eigenvalue weighted by molar-refractivity contribution is 0.101. The Kier molecular flexibility index (Phi) is 4.11. The van der Waals surface area contributed by atoms with Crippen molar-refractivity contribution in [1.29, 1.82) is 0 Å². The third-order valence-corrected chi connectivity index (χ3v) is 6.33. The highest BCUT2D eigenvalue weighted by atomic mass is 16.6. The molecule has 0 saturated carbocycles. The summed E-state index contributed by atoms with van der Waals surface area (Å²) >= 11 is 0. The number of hydrogen-bond acceptors (Lipinski definition) is 6. The van der Waals surface area contributed by atoms with Gasteiger partial charge in [-0.2, -0.15) is 0 Å². The number of benzene rings is 2. The zero-order valence-corrected chi connectivity index (χ0v) is 16.5. The summed E-state index contributed by atoms with van der Waals surface area (Å²) in [5.74, 6) is 0.0936. The number of likely N-dealkylation sites (tertiary alicyclic amines) is 1. The van der Waals surface area contributed by atoms with Gasteiger partial charge in [-0.3, -0.25) is 4.90 Å². The van der Waals surface area contributed by atoms with Crippen molar-refractivity contribution in [2.75, 3.05) is 26.2 Å². The first kappa shape index (κ1) is 17.7. The van der Waals surface area contributed by atoms with Gasteiger partial charge in [0.05, 0.1) is 11.3 Å². The van der Waals surface area contributed by atoms with Crippen molar-refractivity contribution < 1.29 is 9.94 Å². The lowest BCUT2D eigenvalue weighted by atomic mass is 10.0. The third-order valence-electron chi connectivity index (χ3n) is 6.33. The van der Waals surface area contributed by atoms with E-state index in [1.54, 1.807) is 0 Å². The monoisotopic (exact) mass is 401 g/mol. The summed E-state index contributed by atoms with van der Waals surface area (Å²) < 4.78 is 0. The third kappa shape index (κ3) is 2.81. The van der Waals surface area contributed by atoms with Gasteiger partial charge in [-0.05, 0) is 18.6 Å². The number of hydrogen-bond donors (Lipinski definition) is 3. The van der Waals surface area contributed by atoms with Crippen molar-refractivity contribution >= 4 is 28.0 Å². The van der Waals surface area contributed by atoms with Crippen LogP contribution in [0.1, 0.15) is 17.5 Å². The number of rotatable bonds is 5. The number of para-hydroxylation sites is 2. The molecule has 7 nitrogen and oxygen atoms in total. The Morgan fingerprint density at radius 2 is 2.03 bits per heavy atom. The molecule has 2 aromatic carbocycles. The summed E-state index contributed by atoms with van der Waals surface area (Å²) in [4.78, 5) is 16.1. The van der Waals surface area contributed by atoms with Crippen LogP contribution in [-0.4, -0.2) is 64.7 Å². The van der Waals surface area contributed by atoms with E-state index in [9.17, 15) is 5.11 Å². The normalized spacial score (nSPS) is 24.0. The molecule has 4 heterocycles. The molecule has 0 unspecified atom stereocenters. The number of nitrogens with zero attached hydrogens (tertiary/aromatic N) is 3. The molecule has 6 rings (SSSR count). The van der Waals surface area contributed by atoms with Gasteiger partial charge < -0.3 is 20.2 Å². The lowest BCUT2D eigenvalue weighted by Crippen LogP contribution is -2.44. The number of nitrogens with one attached hydrogen (secondary N) is 2. The molecule has 2 fully saturated rings. The van der Waals surface area contributed by atoms with Gasteiger partial charge >= 0.3 is 0 Å². The molecule has 152 valence electrons. The minimum absolute atomic E-state index is 0.0936. The molecule has 1 aromatic heterocycles. The van der Waals surface area contributed by atoms with Gasteiger partial charge in [0.2, 0.25) is 0 Å². The summed E-state index contributed by atoms with van der Waals surface area (Å²) in [6.45, 7) is 3.56. The number of piperazine rings is 1. The quantitative estimate of drug-likeness (QED) is 0.453. The summed E-state index contributed by atoms with van der Waals surface area (Å²) in [5.41, 5.74) is 4.57. The average Bonchev–Trinajstić information content (AvgIpc) is 3.52. The highest BCUT2D eigenvalue weighted by Crippen LogP contribution is 2.35. The predicted molar refractivity (Wildman–Crippen MR) is 117 cm³/mol. The smallest absolute Gasteiger partial charge is 0.199 e. The van der Waals surface area contributed by atoms with Gasteiger partial charge in [-0.1, -0.05) is 41.6 Å². The fourth-order valence-electron chi connectivity index (χ4n) is 4.90. The molecule has 0 radical (unpaired) electrons. The van der Waals surface area contributed by atoms with Crippen molar-refractivity contribution in [3.63, 3.8) is 0 Å². The molecule has 2 bridgehead atoms. The standard InChI is InChI=1S/C23H23N5O2/c29-23-20(16-5-1-3-7-18(16)26-23)22-21(17-6-2-4-8-19(17)25-22)27-30-10-9-28-13-14-11-15(28)12-24-14/h1-8,14-15,24,26,29H,9-13H2/t14-,15-/m1/s1. The lowest BCUT2D eigenvalue weighted by Gasteiger charge is -2.26. The average molecular weight is 401 g/mol. The van der Waals surface area contributed by atoms with Crippen LogP contribution in [0.5, 0.6) is 5.88 Å². The molecule has 3 aromatic rings. The molecule has 0 amide bonds. The number of aromatic hydroxyl groups is 1. The summed E-state index contributed by atoms with van der Waals surface area (Å²) in [6, 6.07) is 16.9. The molecule has 0 spiro atoms. The fourth-order valence-corrected chi connectivity index (χ4v) is 4.90. The van der Waals surface area contributed by atoms with Gasteiger partial charge in [0.25, 0.3) is 0 Å². The van der Waals surface area contributed by atoms with Crippen molar-refractivity contribution in [2.45, 2.75) is 18.5 Å². The van der Waals surface area contributed by atoms with Crippen LogP contribution in [0.3, 0.4) is 0 Å². The van der Waals surface area contributed by atoms with Crippen LogP contribution in [0.25, 0.3) is 10.9 Å². The second kappa shape index (κ2) is 6.97. The minimum atomic E-state index is 0.0936. The van der Waals surface area contributed by atoms with Crippen molar-refractivity contribution in [3.05, 3.63) is 59.7 Å². The van der Waals surface area contributed by atoms with E-state index in [2.05, 4.69) is 20.4 Å². The largest absolute Gasteiger partial charge is 0.494 e. The zero-order valence-electron chi connectivity index (χ0n) is 16.5. The second-order valence-corrected chi connectivity index (χ2v) is 8.13. The summed E-state index contributed by atoms with van der Waals surface area (Å²) in [5, 5.41) is 19.5. The van der Waals surface area contributed by atoms with Gasteiger partial charge in [0.1, 0.15) is 18.0 Å². The van der Waals surface area contributed by atoms with Crippen LogP contribution in [0.15, 0.2) is 58.7 Å². The number of aliphatic imine (C=N–C) groups is 1. The van der Waals surface area contributed by atoms with Crippen LogP contribution >= 0.6 is 0 Å². The highest BCUT2D eigenvalue weighted by molar-refractivity contribution is 6.58. The van der Waals surface area contributed by atoms with Crippen LogP contribution in [0.2, 0.25) is 0 Å². The molecule has 3 N–H and O–H groups in total. The fraction of sp³-hybridized carbons (Fsp3) is 0.304. The maximum absolute atomic E-state index is 10.6. The van der Waals surface area contributed by atoms with E-state index in [1.807, 2.05) is 48.5 Å². The Morgan fingerprint density at radius 3 is 2.90 bits per heavy atom. The minimum Gasteiger partial charge on any atom is -0.494 e. The Bertz CT molecular complexity index is 1180. The molecule has 2 saturated heterocycles. The van der Waals surface area contributed by atoms with Crippen LogP contribution in [0.4, 0.5) is 5.69 Å². The van der Waals surface area contributed by atoms with Crippen LogP contribution < -0.4 is 5.32 Å². The summed E-state index contributed by atoms with van der Waals surface area (Å²) in [7, 11) is 0. The van der Waals surface area contributed by atoms with E-state index in [-0.39, 0.29) is 5.88 Å². The summed E-state index contributed by atoms with van der Waals surface area (Å²) in [6.07, 6.45) is 1.23. The Balaban J connectivity index is 1.29. The molecular formula is C23H23N5O2. The Morgan fingerprint density at radius 1 is 1.17 bits per heavy atom. The Hall–Kier alpha value is -3.16. The van der Waals surface area contributed by atoms with Gasteiger partial charge in [0, 0.05) is 48.2 Å². The molecule has 30 heavy (non-hydrogen) atoms. The second-order valence-electron chi connectivity index (χ2n) is 8.13. The molecule has 3 aliphatic rings. The van der Waals surface area contributed by atoms with Crippen molar-refractivity contribution in [2.24, 2.45) is 10.1 Å². The van der Waals surface area contributed by atoms with Crippen molar-refractivity contribution in [1.82, 2.24) is 15.2 Å². The highest BCUT2D eigenvalue weighted by Gasteiger charge is 2.37. The number of fused-ring (bicyclic) bond motifs is 4. The van der Waals surface area contributed by atoms with Crippen molar-refractivity contribution in [3.8, 4) is 5.88 Å². The SMILES string of the molecule is Oc1[nH]c2ccccc2c1C1=Nc2ccccc2C1=NOCCN1C[C@H]2C[C@@H]1CN2. The number of aromatic nitrogens is 1. The molecule has 7 heteroatoms. The number of aromatic amines is 1. The maximum atomic E-state index is 10.6. The van der Waals surface area contributed by atoms with E-state index in [0.717, 1.165) is 41.8 Å². The van der Waals surface area contributed by atoms with Gasteiger partial charge in [0.15, 0.2) is 5.88 Å². The topological polar surface area (TPSA) is 85.2 Å². The molecule has 3 aliphatic heterocycles. The first-order chi connectivity index (χ1) is 14.8. The Labute approximate surface area is 174 Å². The van der Waals surface area contributed by atoms with Crippen LogP contribution in [-0.2, 0) is 4.84 Å². The van der Waals surface area contributed by atoms with Gasteiger partial charge in [-0.15, -0.1) is 0 Å². The number of H-pyrrole nitrogens is 1. The van der Waals surface area contributed by atoms with E-state index < -0.39 is 0 Å². The van der Waals surface area contributed by atoms with E-state index in [4.69, 9.17) is 9.83 Å². The zero-order chi connectivity index (χ0) is 20.1. The first-order valence-corrected chi connectivity index (χ1v) is 10.4. The number of oxime groups is 1. The predicted octanol–water partition coefficient (Wildman–Crippen LogP) is 2.77. The molecule has 0 aliphatic carbocycles. The molecular weight excluding hydrogens is 378 g/mol. The van der Waals surface area contributed by atoms with E-state index in [0.29, 0.717) is 35.7 Å².